The van der Waals surface area contributed by atoms with E-state index in [0.717, 1.165) is 28.9 Å². The van der Waals surface area contributed by atoms with Crippen LogP contribution >= 0.6 is 0 Å². The monoisotopic (exact) mass is 464 g/mol. The van der Waals surface area contributed by atoms with Crippen LogP contribution in [-0.4, -0.2) is 61.7 Å². The molecule has 168 valence electrons. The van der Waals surface area contributed by atoms with E-state index in [0.29, 0.717) is 24.8 Å². The van der Waals surface area contributed by atoms with Gasteiger partial charge in [0.15, 0.2) is 5.03 Å². The highest BCUT2D eigenvalue weighted by molar-refractivity contribution is 7.91. The lowest BCUT2D eigenvalue weighted by Crippen LogP contribution is -2.42. The minimum atomic E-state index is -3.80. The van der Waals surface area contributed by atoms with Crippen molar-refractivity contribution in [1.29, 1.82) is 0 Å². The number of anilines is 1. The highest BCUT2D eigenvalue weighted by atomic mass is 32.2. The van der Waals surface area contributed by atoms with Gasteiger partial charge in [-0.1, -0.05) is 13.8 Å². The van der Waals surface area contributed by atoms with Gasteiger partial charge in [-0.25, -0.2) is 26.8 Å². The second kappa shape index (κ2) is 8.14. The molecule has 0 aromatic carbocycles. The van der Waals surface area contributed by atoms with Gasteiger partial charge in [0.1, 0.15) is 15.7 Å². The van der Waals surface area contributed by atoms with Crippen molar-refractivity contribution in [3.05, 3.63) is 36.2 Å². The minimum Gasteiger partial charge on any atom is -0.367 e. The number of fused-ring (bicyclic) bond motifs is 1. The molecule has 1 unspecified atom stereocenters. The third kappa shape index (κ3) is 4.33. The van der Waals surface area contributed by atoms with Crippen LogP contribution in [0.4, 0.5) is 5.82 Å². The number of nitrogens with one attached hydrogen (secondary N) is 1. The molecule has 8 nitrogen and oxygen atoms in total. The van der Waals surface area contributed by atoms with E-state index in [1.807, 2.05) is 6.07 Å². The Balaban J connectivity index is 1.56. The fraction of sp³-hybridized carbons (Fsp3) is 0.524. The summed E-state index contributed by atoms with van der Waals surface area (Å²) in [5.74, 6) is 1.38. The first kappa shape index (κ1) is 22.2. The van der Waals surface area contributed by atoms with Gasteiger partial charge >= 0.3 is 0 Å². The fourth-order valence-electron chi connectivity index (χ4n) is 4.22. The molecule has 4 rings (SSSR count). The molecule has 2 aromatic heterocycles. The zero-order chi connectivity index (χ0) is 22.4. The Morgan fingerprint density at radius 1 is 1.13 bits per heavy atom. The number of aromatic nitrogens is 2. The lowest BCUT2D eigenvalue weighted by atomic mass is 9.96. The molecule has 0 amide bonds. The van der Waals surface area contributed by atoms with Gasteiger partial charge in [-0.15, -0.1) is 0 Å². The zero-order valence-corrected chi connectivity index (χ0v) is 19.6. The van der Waals surface area contributed by atoms with Crippen molar-refractivity contribution in [2.24, 2.45) is 5.92 Å². The van der Waals surface area contributed by atoms with Crippen LogP contribution in [0, 0.1) is 5.92 Å². The average molecular weight is 465 g/mol. The molecule has 10 heteroatoms. The second-order valence-electron chi connectivity index (χ2n) is 8.67. The molecular formula is C21H28N4O4S2. The Morgan fingerprint density at radius 2 is 1.84 bits per heavy atom. The maximum Gasteiger partial charge on any atom is 0.260 e. The second-order valence-corrected chi connectivity index (χ2v) is 12.9. The van der Waals surface area contributed by atoms with Gasteiger partial charge in [0.05, 0.1) is 11.5 Å². The van der Waals surface area contributed by atoms with Crippen LogP contribution < -0.4 is 5.32 Å². The molecule has 4 heterocycles. The zero-order valence-electron chi connectivity index (χ0n) is 17.9. The van der Waals surface area contributed by atoms with E-state index in [4.69, 9.17) is 0 Å². The average Bonchev–Trinajstić information content (AvgIpc) is 3.18. The summed E-state index contributed by atoms with van der Waals surface area (Å²) in [4.78, 5) is 8.71. The molecule has 1 saturated heterocycles. The molecule has 1 fully saturated rings. The van der Waals surface area contributed by atoms with Crippen molar-refractivity contribution in [3.63, 3.8) is 0 Å². The number of sulfone groups is 1. The minimum absolute atomic E-state index is 0.0163. The maximum absolute atomic E-state index is 13.0. The first-order chi connectivity index (χ1) is 14.6. The van der Waals surface area contributed by atoms with Crippen LogP contribution in [0.3, 0.4) is 0 Å². The SMILES string of the molecule is CC(C)C1Cc2c(-c3ccc(S(=O)(=O)N(C)C4CCS(=O)(=O)CC4)nc3)ccnc2N1. The Morgan fingerprint density at radius 3 is 2.45 bits per heavy atom. The summed E-state index contributed by atoms with van der Waals surface area (Å²) < 4.78 is 50.7. The normalized spacial score (nSPS) is 21.3. The number of rotatable bonds is 5. The number of hydrogen-bond donors (Lipinski definition) is 1. The van der Waals surface area contributed by atoms with Crippen molar-refractivity contribution < 1.29 is 16.8 Å². The van der Waals surface area contributed by atoms with Gasteiger partial charge in [0, 0.05) is 42.7 Å². The quantitative estimate of drug-likeness (QED) is 0.723. The van der Waals surface area contributed by atoms with Crippen molar-refractivity contribution in [2.45, 2.75) is 50.2 Å². The van der Waals surface area contributed by atoms with Crippen LogP contribution in [0.5, 0.6) is 0 Å². The first-order valence-electron chi connectivity index (χ1n) is 10.5. The largest absolute Gasteiger partial charge is 0.367 e. The molecule has 0 saturated carbocycles. The summed E-state index contributed by atoms with van der Waals surface area (Å²) in [5.41, 5.74) is 2.97. The lowest BCUT2D eigenvalue weighted by Gasteiger charge is -2.30. The molecule has 0 bridgehead atoms. The Labute approximate surface area is 184 Å². The lowest BCUT2D eigenvalue weighted by molar-refractivity contribution is 0.341. The highest BCUT2D eigenvalue weighted by Crippen LogP contribution is 2.35. The Bertz CT molecular complexity index is 1160. The molecule has 2 aromatic rings. The number of nitrogens with zero attached hydrogens (tertiary/aromatic N) is 3. The Kier molecular flexibility index (Phi) is 5.82. The summed E-state index contributed by atoms with van der Waals surface area (Å²) in [7, 11) is -5.36. The van der Waals surface area contributed by atoms with E-state index >= 15 is 0 Å². The standard InChI is InChI=1S/C21H28N4O4S2/c1-14(2)19-12-18-17(6-9-22-21(18)24-19)15-4-5-20(23-13-15)31(28,29)25(3)16-7-10-30(26,27)11-8-16/h4-6,9,13-14,16,19H,7-8,10-12H2,1-3H3,(H,22,24). The van der Waals surface area contributed by atoms with Crippen LogP contribution in [-0.2, 0) is 26.3 Å². The van der Waals surface area contributed by atoms with Gasteiger partial charge < -0.3 is 5.32 Å². The van der Waals surface area contributed by atoms with Crippen LogP contribution in [0.1, 0.15) is 32.3 Å². The fourth-order valence-corrected chi connectivity index (χ4v) is 7.01. The van der Waals surface area contributed by atoms with Gasteiger partial charge in [-0.3, -0.25) is 0 Å². The molecule has 1 N–H and O–H groups in total. The smallest absolute Gasteiger partial charge is 0.260 e. The number of hydrogen-bond acceptors (Lipinski definition) is 7. The molecule has 0 radical (unpaired) electrons. The van der Waals surface area contributed by atoms with Gasteiger partial charge in [0.25, 0.3) is 10.0 Å². The van der Waals surface area contributed by atoms with E-state index in [2.05, 4.69) is 29.1 Å². The van der Waals surface area contributed by atoms with Crippen LogP contribution in [0.2, 0.25) is 0 Å². The van der Waals surface area contributed by atoms with Gasteiger partial charge in [0.2, 0.25) is 0 Å². The molecule has 2 aliphatic rings. The third-order valence-electron chi connectivity index (χ3n) is 6.34. The van der Waals surface area contributed by atoms with E-state index in [1.54, 1.807) is 18.5 Å². The summed E-state index contributed by atoms with van der Waals surface area (Å²) in [6.45, 7) is 4.34. The van der Waals surface area contributed by atoms with E-state index in [-0.39, 0.29) is 22.6 Å². The molecule has 0 spiro atoms. The van der Waals surface area contributed by atoms with Crippen LogP contribution in [0.15, 0.2) is 35.6 Å². The predicted octanol–water partition coefficient (Wildman–Crippen LogP) is 2.33. The summed E-state index contributed by atoms with van der Waals surface area (Å²) in [6.07, 6.45) is 4.82. The Hall–Kier alpha value is -2.04. The van der Waals surface area contributed by atoms with Gasteiger partial charge in [-0.2, -0.15) is 4.31 Å². The molecule has 1 atom stereocenters. The van der Waals surface area contributed by atoms with Crippen LogP contribution in [0.25, 0.3) is 11.1 Å². The number of pyridine rings is 2. The van der Waals surface area contributed by atoms with Crippen molar-refractivity contribution >= 4 is 25.7 Å². The van der Waals surface area contributed by atoms with E-state index < -0.39 is 19.9 Å². The van der Waals surface area contributed by atoms with E-state index in [1.165, 1.54) is 17.4 Å². The predicted molar refractivity (Wildman–Crippen MR) is 120 cm³/mol. The highest BCUT2D eigenvalue weighted by Gasteiger charge is 2.34. The van der Waals surface area contributed by atoms with Crippen molar-refractivity contribution in [3.8, 4) is 11.1 Å². The molecular weight excluding hydrogens is 436 g/mol. The molecule has 2 aliphatic heterocycles. The molecule has 0 aliphatic carbocycles. The summed E-state index contributed by atoms with van der Waals surface area (Å²) in [5, 5.41) is 3.43. The summed E-state index contributed by atoms with van der Waals surface area (Å²) in [6, 6.07) is 5.22. The first-order valence-corrected chi connectivity index (χ1v) is 13.7. The maximum atomic E-state index is 13.0. The van der Waals surface area contributed by atoms with Gasteiger partial charge in [-0.05, 0) is 48.9 Å². The number of sulfonamides is 1. The third-order valence-corrected chi connectivity index (χ3v) is 9.88. The van der Waals surface area contributed by atoms with Crippen molar-refractivity contribution in [1.82, 2.24) is 14.3 Å². The van der Waals surface area contributed by atoms with E-state index in [9.17, 15) is 16.8 Å². The topological polar surface area (TPSA) is 109 Å². The molecule has 31 heavy (non-hydrogen) atoms. The summed E-state index contributed by atoms with van der Waals surface area (Å²) >= 11 is 0. The van der Waals surface area contributed by atoms with Crippen molar-refractivity contribution in [2.75, 3.05) is 23.9 Å².